The second-order valence-electron chi connectivity index (χ2n) is 8.28. The molecule has 0 aromatic carbocycles. The average Bonchev–Trinajstić information content (AvgIpc) is 3.44. The van der Waals surface area contributed by atoms with E-state index >= 15 is 0 Å². The molecule has 0 atom stereocenters. The third-order valence-electron chi connectivity index (χ3n) is 6.33. The van der Waals surface area contributed by atoms with Crippen molar-refractivity contribution in [1.82, 2.24) is 14.8 Å². The summed E-state index contributed by atoms with van der Waals surface area (Å²) in [5, 5.41) is 0. The minimum Gasteiger partial charge on any atom is -0.447 e. The molecule has 156 valence electrons. The number of terminal acetylenes is 1. The molecule has 1 aromatic rings. The highest BCUT2D eigenvalue weighted by molar-refractivity contribution is 5.93. The topological polar surface area (TPSA) is 75.9 Å². The SMILES string of the molecule is C#CCN(C(=O)C1CC(OCC)C1)C1CCN(C(=O)c2ncoc2C2CC2)CC1. The fourth-order valence-corrected chi connectivity index (χ4v) is 4.44. The Morgan fingerprint density at radius 3 is 2.66 bits per heavy atom. The lowest BCUT2D eigenvalue weighted by Gasteiger charge is -2.42. The first-order valence-electron chi connectivity index (χ1n) is 10.7. The van der Waals surface area contributed by atoms with E-state index in [0.29, 0.717) is 37.9 Å². The van der Waals surface area contributed by atoms with Crippen molar-refractivity contribution in [2.75, 3.05) is 26.2 Å². The summed E-state index contributed by atoms with van der Waals surface area (Å²) in [4.78, 5) is 33.7. The fraction of sp³-hybridized carbons (Fsp3) is 0.682. The molecule has 0 radical (unpaired) electrons. The van der Waals surface area contributed by atoms with Gasteiger partial charge in [-0.05, 0) is 45.4 Å². The van der Waals surface area contributed by atoms with Gasteiger partial charge < -0.3 is 19.0 Å². The molecule has 3 fully saturated rings. The Labute approximate surface area is 171 Å². The lowest BCUT2D eigenvalue weighted by molar-refractivity contribution is -0.146. The Bertz CT molecular complexity index is 780. The van der Waals surface area contributed by atoms with Crippen molar-refractivity contribution in [3.63, 3.8) is 0 Å². The minimum atomic E-state index is -0.0625. The van der Waals surface area contributed by atoms with Crippen molar-refractivity contribution in [2.24, 2.45) is 5.92 Å². The van der Waals surface area contributed by atoms with Gasteiger partial charge in [0.2, 0.25) is 5.91 Å². The second-order valence-corrected chi connectivity index (χ2v) is 8.28. The molecule has 2 amide bonds. The van der Waals surface area contributed by atoms with Crippen molar-refractivity contribution in [1.29, 1.82) is 0 Å². The molecule has 2 saturated carbocycles. The Hall–Kier alpha value is -2.33. The Kier molecular flexibility index (Phi) is 5.91. The zero-order valence-electron chi connectivity index (χ0n) is 17.0. The highest BCUT2D eigenvalue weighted by atomic mass is 16.5. The predicted octanol–water partition coefficient (Wildman–Crippen LogP) is 2.43. The largest absolute Gasteiger partial charge is 0.447 e. The molecule has 0 spiro atoms. The number of oxazole rings is 1. The first-order valence-corrected chi connectivity index (χ1v) is 10.7. The molecule has 7 heteroatoms. The first-order chi connectivity index (χ1) is 14.1. The average molecular weight is 399 g/mol. The summed E-state index contributed by atoms with van der Waals surface area (Å²) in [5.41, 5.74) is 0.457. The van der Waals surface area contributed by atoms with Gasteiger partial charge in [-0.25, -0.2) is 4.98 Å². The van der Waals surface area contributed by atoms with E-state index in [1.807, 2.05) is 16.7 Å². The number of rotatable bonds is 7. The molecule has 2 aliphatic carbocycles. The monoisotopic (exact) mass is 399 g/mol. The summed E-state index contributed by atoms with van der Waals surface area (Å²) in [6.07, 6.45) is 12.3. The number of amides is 2. The molecule has 2 heterocycles. The maximum Gasteiger partial charge on any atom is 0.276 e. The molecule has 1 aromatic heterocycles. The van der Waals surface area contributed by atoms with Gasteiger partial charge in [-0.1, -0.05) is 5.92 Å². The number of carbonyl (C=O) groups excluding carboxylic acids is 2. The number of aromatic nitrogens is 1. The Morgan fingerprint density at radius 2 is 2.03 bits per heavy atom. The van der Waals surface area contributed by atoms with Gasteiger partial charge in [0, 0.05) is 37.6 Å². The van der Waals surface area contributed by atoms with E-state index in [0.717, 1.165) is 44.3 Å². The van der Waals surface area contributed by atoms with Gasteiger partial charge in [-0.15, -0.1) is 6.42 Å². The van der Waals surface area contributed by atoms with E-state index in [9.17, 15) is 9.59 Å². The third kappa shape index (κ3) is 4.18. The van der Waals surface area contributed by atoms with E-state index in [1.54, 1.807) is 0 Å². The van der Waals surface area contributed by atoms with E-state index < -0.39 is 0 Å². The molecule has 29 heavy (non-hydrogen) atoms. The predicted molar refractivity (Wildman–Crippen MR) is 106 cm³/mol. The summed E-state index contributed by atoms with van der Waals surface area (Å²) in [6.45, 7) is 4.17. The number of carbonyl (C=O) groups is 2. The van der Waals surface area contributed by atoms with Crippen LogP contribution in [0.2, 0.25) is 0 Å². The Morgan fingerprint density at radius 1 is 1.31 bits per heavy atom. The van der Waals surface area contributed by atoms with Crippen molar-refractivity contribution >= 4 is 11.8 Å². The maximum absolute atomic E-state index is 13.0. The Balaban J connectivity index is 1.33. The van der Waals surface area contributed by atoms with Gasteiger partial charge in [0.15, 0.2) is 12.1 Å². The van der Waals surface area contributed by atoms with Crippen LogP contribution in [0, 0.1) is 18.3 Å². The summed E-state index contributed by atoms with van der Waals surface area (Å²) in [5.74, 6) is 3.80. The summed E-state index contributed by atoms with van der Waals surface area (Å²) in [6, 6.07) is 0.0777. The second kappa shape index (κ2) is 8.58. The van der Waals surface area contributed by atoms with Gasteiger partial charge in [0.1, 0.15) is 5.76 Å². The van der Waals surface area contributed by atoms with Crippen LogP contribution in [0.15, 0.2) is 10.8 Å². The zero-order valence-corrected chi connectivity index (χ0v) is 17.0. The van der Waals surface area contributed by atoms with Gasteiger partial charge >= 0.3 is 0 Å². The number of hydrogen-bond donors (Lipinski definition) is 0. The number of hydrogen-bond acceptors (Lipinski definition) is 5. The molecular weight excluding hydrogens is 370 g/mol. The minimum absolute atomic E-state index is 0.00999. The standard InChI is InChI=1S/C22H29N3O4/c1-3-9-25(21(26)16-12-18(13-16)28-4-2)17-7-10-24(11-8-17)22(27)19-20(15-5-6-15)29-14-23-19/h1,14-18H,4-13H2,2H3. The van der Waals surface area contributed by atoms with Crippen LogP contribution in [0.1, 0.15) is 67.6 Å². The number of likely N-dealkylation sites (tertiary alicyclic amines) is 1. The molecule has 1 saturated heterocycles. The molecule has 0 unspecified atom stereocenters. The summed E-state index contributed by atoms with van der Waals surface area (Å²) in [7, 11) is 0. The van der Waals surface area contributed by atoms with Crippen molar-refractivity contribution in [2.45, 2.75) is 63.5 Å². The quantitative estimate of drug-likeness (QED) is 0.658. The number of piperidine rings is 1. The van der Waals surface area contributed by atoms with E-state index in [1.165, 1.54) is 6.39 Å². The molecule has 1 aliphatic heterocycles. The lowest BCUT2D eigenvalue weighted by Crippen LogP contribution is -2.52. The maximum atomic E-state index is 13.0. The number of ether oxygens (including phenoxy) is 1. The van der Waals surface area contributed by atoms with Crippen LogP contribution in [0.3, 0.4) is 0 Å². The van der Waals surface area contributed by atoms with Crippen molar-refractivity contribution < 1.29 is 18.7 Å². The van der Waals surface area contributed by atoms with Crippen molar-refractivity contribution in [3.05, 3.63) is 17.8 Å². The summed E-state index contributed by atoms with van der Waals surface area (Å²) < 4.78 is 11.0. The van der Waals surface area contributed by atoms with Crippen LogP contribution >= 0.6 is 0 Å². The van der Waals surface area contributed by atoms with Gasteiger partial charge in [-0.3, -0.25) is 9.59 Å². The molecule has 0 bridgehead atoms. The van der Waals surface area contributed by atoms with Gasteiger partial charge in [-0.2, -0.15) is 0 Å². The lowest BCUT2D eigenvalue weighted by atomic mass is 9.80. The number of nitrogens with zero attached hydrogens (tertiary/aromatic N) is 3. The molecule has 4 rings (SSSR count). The highest BCUT2D eigenvalue weighted by Gasteiger charge is 2.40. The molecule has 3 aliphatic rings. The fourth-order valence-electron chi connectivity index (χ4n) is 4.44. The first kappa shape index (κ1) is 20.0. The third-order valence-corrected chi connectivity index (χ3v) is 6.33. The molecule has 0 N–H and O–H groups in total. The van der Waals surface area contributed by atoms with E-state index in [-0.39, 0.29) is 29.9 Å². The normalized spacial score (nSPS) is 24.6. The summed E-state index contributed by atoms with van der Waals surface area (Å²) >= 11 is 0. The molecule has 7 nitrogen and oxygen atoms in total. The smallest absolute Gasteiger partial charge is 0.276 e. The van der Waals surface area contributed by atoms with Gasteiger partial charge in [0.25, 0.3) is 5.91 Å². The van der Waals surface area contributed by atoms with Crippen molar-refractivity contribution in [3.8, 4) is 12.3 Å². The molecular formula is C22H29N3O4. The van der Waals surface area contributed by atoms with E-state index in [2.05, 4.69) is 10.9 Å². The van der Waals surface area contributed by atoms with Crippen LogP contribution in [-0.2, 0) is 9.53 Å². The van der Waals surface area contributed by atoms with Crippen LogP contribution in [0.25, 0.3) is 0 Å². The zero-order chi connectivity index (χ0) is 20.4. The van der Waals surface area contributed by atoms with Crippen LogP contribution in [0.5, 0.6) is 0 Å². The van der Waals surface area contributed by atoms with Crippen LogP contribution in [0.4, 0.5) is 0 Å². The van der Waals surface area contributed by atoms with E-state index in [4.69, 9.17) is 15.6 Å². The van der Waals surface area contributed by atoms with Gasteiger partial charge in [0.05, 0.1) is 12.6 Å². The highest BCUT2D eigenvalue weighted by Crippen LogP contribution is 2.41. The van der Waals surface area contributed by atoms with Crippen LogP contribution < -0.4 is 0 Å². The van der Waals surface area contributed by atoms with Crippen LogP contribution in [-0.4, -0.2) is 65.0 Å².